The molecule has 0 saturated carbocycles. The molecule has 112 valence electrons. The predicted molar refractivity (Wildman–Crippen MR) is 82.3 cm³/mol. The van der Waals surface area contributed by atoms with Crippen LogP contribution in [-0.2, 0) is 6.54 Å². The molecular formula is C15H17ClFN3O. The van der Waals surface area contributed by atoms with Crippen LogP contribution in [0.15, 0.2) is 35.3 Å². The summed E-state index contributed by atoms with van der Waals surface area (Å²) >= 11 is 5.72. The molecule has 0 aliphatic heterocycles. The Balaban J connectivity index is 2.18. The van der Waals surface area contributed by atoms with Gasteiger partial charge in [-0.25, -0.2) is 9.07 Å². The zero-order valence-corrected chi connectivity index (χ0v) is 12.7. The highest BCUT2D eigenvalue weighted by atomic mass is 35.5. The van der Waals surface area contributed by atoms with Gasteiger partial charge in [-0.2, -0.15) is 5.10 Å². The average molecular weight is 310 g/mol. The minimum absolute atomic E-state index is 0.0377. The highest BCUT2D eigenvalue weighted by Gasteiger charge is 2.08. The lowest BCUT2D eigenvalue weighted by atomic mass is 10.2. The molecule has 4 nitrogen and oxygen atoms in total. The molecular weight excluding hydrogens is 293 g/mol. The van der Waals surface area contributed by atoms with Crippen LogP contribution in [0.1, 0.15) is 19.4 Å². The fraction of sp³-hybridized carbons (Fsp3) is 0.333. The lowest BCUT2D eigenvalue weighted by Gasteiger charge is -2.10. The fourth-order valence-electron chi connectivity index (χ4n) is 1.80. The quantitative estimate of drug-likeness (QED) is 0.923. The Hall–Kier alpha value is -1.88. The van der Waals surface area contributed by atoms with Gasteiger partial charge >= 0.3 is 0 Å². The van der Waals surface area contributed by atoms with Crippen LogP contribution in [0, 0.1) is 11.7 Å². The number of hydrogen-bond acceptors (Lipinski definition) is 3. The van der Waals surface area contributed by atoms with E-state index in [2.05, 4.69) is 24.3 Å². The van der Waals surface area contributed by atoms with Crippen LogP contribution >= 0.6 is 11.6 Å². The first kappa shape index (κ1) is 15.5. The molecule has 2 aromatic rings. The Morgan fingerprint density at radius 1 is 1.43 bits per heavy atom. The van der Waals surface area contributed by atoms with Gasteiger partial charge in [0.05, 0.1) is 23.5 Å². The Bertz CT molecular complexity index is 685. The van der Waals surface area contributed by atoms with Crippen molar-refractivity contribution in [2.24, 2.45) is 5.92 Å². The molecule has 0 saturated heterocycles. The number of anilines is 1. The van der Waals surface area contributed by atoms with E-state index >= 15 is 0 Å². The maximum atomic E-state index is 13.8. The lowest BCUT2D eigenvalue weighted by Crippen LogP contribution is -2.24. The van der Waals surface area contributed by atoms with E-state index in [0.29, 0.717) is 17.2 Å². The van der Waals surface area contributed by atoms with E-state index in [1.807, 2.05) is 0 Å². The third-order valence-electron chi connectivity index (χ3n) is 2.94. The number of rotatable bonds is 5. The van der Waals surface area contributed by atoms with Crippen LogP contribution in [0.3, 0.4) is 0 Å². The molecule has 0 aliphatic rings. The molecule has 21 heavy (non-hydrogen) atoms. The third kappa shape index (κ3) is 4.04. The molecule has 2 rings (SSSR count). The van der Waals surface area contributed by atoms with Gasteiger partial charge < -0.3 is 5.32 Å². The number of hydrogen-bond donors (Lipinski definition) is 1. The summed E-state index contributed by atoms with van der Waals surface area (Å²) in [4.78, 5) is 12.0. The summed E-state index contributed by atoms with van der Waals surface area (Å²) in [5.74, 6) is -0.0529. The fourth-order valence-corrected chi connectivity index (χ4v) is 2.00. The largest absolute Gasteiger partial charge is 0.383 e. The number of benzene rings is 1. The molecule has 1 aromatic heterocycles. The minimum Gasteiger partial charge on any atom is -0.383 e. The maximum Gasteiger partial charge on any atom is 0.269 e. The molecule has 0 aliphatic carbocycles. The van der Waals surface area contributed by atoms with E-state index in [9.17, 15) is 9.18 Å². The topological polar surface area (TPSA) is 46.9 Å². The van der Waals surface area contributed by atoms with Crippen molar-refractivity contribution in [3.8, 4) is 0 Å². The third-order valence-corrected chi connectivity index (χ3v) is 3.23. The van der Waals surface area contributed by atoms with Gasteiger partial charge in [0.1, 0.15) is 5.82 Å². The number of nitrogens with zero attached hydrogens (tertiary/aromatic N) is 2. The van der Waals surface area contributed by atoms with Crippen LogP contribution in [0.25, 0.3) is 0 Å². The van der Waals surface area contributed by atoms with Crippen molar-refractivity contribution >= 4 is 17.3 Å². The first-order valence-corrected chi connectivity index (χ1v) is 7.09. The van der Waals surface area contributed by atoms with Crippen molar-refractivity contribution in [2.75, 3.05) is 11.9 Å². The van der Waals surface area contributed by atoms with Crippen molar-refractivity contribution < 1.29 is 4.39 Å². The predicted octanol–water partition coefficient (Wildman–Crippen LogP) is 3.15. The second kappa shape index (κ2) is 6.72. The molecule has 1 aromatic carbocycles. The van der Waals surface area contributed by atoms with Crippen LogP contribution in [0.2, 0.25) is 5.02 Å². The van der Waals surface area contributed by atoms with Crippen molar-refractivity contribution in [3.63, 3.8) is 0 Å². The molecule has 0 unspecified atom stereocenters. The summed E-state index contributed by atoms with van der Waals surface area (Å²) in [6, 6.07) is 6.15. The minimum atomic E-state index is -0.519. The highest BCUT2D eigenvalue weighted by Crippen LogP contribution is 2.18. The van der Waals surface area contributed by atoms with E-state index in [4.69, 9.17) is 11.6 Å². The molecule has 0 atom stereocenters. The second-order valence-corrected chi connectivity index (χ2v) is 5.64. The number of aromatic nitrogens is 2. The van der Waals surface area contributed by atoms with Gasteiger partial charge in [0, 0.05) is 18.2 Å². The SMILES string of the molecule is CC(C)CNc1cnn(Cc2cccc(Cl)c2F)c(=O)c1. The molecule has 1 heterocycles. The van der Waals surface area contributed by atoms with Crippen LogP contribution < -0.4 is 10.9 Å². The zero-order chi connectivity index (χ0) is 15.4. The Kier molecular flexibility index (Phi) is 4.96. The first-order chi connectivity index (χ1) is 9.97. The molecule has 0 bridgehead atoms. The van der Waals surface area contributed by atoms with Crippen molar-refractivity contribution in [2.45, 2.75) is 20.4 Å². The summed E-state index contributed by atoms with van der Waals surface area (Å²) in [5, 5.41) is 7.22. The van der Waals surface area contributed by atoms with Gasteiger partial charge in [-0.3, -0.25) is 4.79 Å². The van der Waals surface area contributed by atoms with Gasteiger partial charge in [-0.05, 0) is 12.0 Å². The normalized spacial score (nSPS) is 10.9. The van der Waals surface area contributed by atoms with Gasteiger partial charge in [0.25, 0.3) is 5.56 Å². The molecule has 6 heteroatoms. The van der Waals surface area contributed by atoms with E-state index in [0.717, 1.165) is 6.54 Å². The standard InChI is InChI=1S/C15H17ClFN3O/c1-10(2)7-18-12-6-14(21)20(19-8-12)9-11-4-3-5-13(16)15(11)17/h3-6,8,10,18H,7,9H2,1-2H3. The highest BCUT2D eigenvalue weighted by molar-refractivity contribution is 6.30. The van der Waals surface area contributed by atoms with Crippen LogP contribution in [0.5, 0.6) is 0 Å². The van der Waals surface area contributed by atoms with Gasteiger partial charge in [0.2, 0.25) is 0 Å². The number of nitrogens with one attached hydrogen (secondary N) is 1. The average Bonchev–Trinajstić information content (AvgIpc) is 2.44. The zero-order valence-electron chi connectivity index (χ0n) is 11.9. The van der Waals surface area contributed by atoms with E-state index in [1.54, 1.807) is 18.3 Å². The molecule has 0 radical (unpaired) electrons. The van der Waals surface area contributed by atoms with E-state index in [1.165, 1.54) is 16.8 Å². The van der Waals surface area contributed by atoms with Crippen LogP contribution in [-0.4, -0.2) is 16.3 Å². The van der Waals surface area contributed by atoms with Crippen molar-refractivity contribution in [1.82, 2.24) is 9.78 Å². The second-order valence-electron chi connectivity index (χ2n) is 5.23. The summed E-state index contributed by atoms with van der Waals surface area (Å²) in [6.07, 6.45) is 1.56. The summed E-state index contributed by atoms with van der Waals surface area (Å²) < 4.78 is 15.0. The smallest absolute Gasteiger partial charge is 0.269 e. The Morgan fingerprint density at radius 2 is 2.19 bits per heavy atom. The molecule has 1 N–H and O–H groups in total. The molecule has 0 spiro atoms. The maximum absolute atomic E-state index is 13.8. The molecule has 0 fully saturated rings. The number of halogens is 2. The molecule has 0 amide bonds. The summed E-state index contributed by atoms with van der Waals surface area (Å²) in [7, 11) is 0. The van der Waals surface area contributed by atoms with E-state index in [-0.39, 0.29) is 17.1 Å². The van der Waals surface area contributed by atoms with Gasteiger partial charge in [0.15, 0.2) is 0 Å². The van der Waals surface area contributed by atoms with Crippen molar-refractivity contribution in [1.29, 1.82) is 0 Å². The summed E-state index contributed by atoms with van der Waals surface area (Å²) in [5.41, 5.74) is 0.708. The van der Waals surface area contributed by atoms with E-state index < -0.39 is 5.82 Å². The van der Waals surface area contributed by atoms with Crippen LogP contribution in [0.4, 0.5) is 10.1 Å². The monoisotopic (exact) mass is 309 g/mol. The summed E-state index contributed by atoms with van der Waals surface area (Å²) in [6.45, 7) is 4.96. The Labute approximate surface area is 127 Å². The van der Waals surface area contributed by atoms with Gasteiger partial charge in [-0.1, -0.05) is 37.6 Å². The van der Waals surface area contributed by atoms with Gasteiger partial charge in [-0.15, -0.1) is 0 Å². The first-order valence-electron chi connectivity index (χ1n) is 6.71. The van der Waals surface area contributed by atoms with Crippen molar-refractivity contribution in [3.05, 3.63) is 57.2 Å². The Morgan fingerprint density at radius 3 is 2.86 bits per heavy atom. The lowest BCUT2D eigenvalue weighted by molar-refractivity contribution is 0.572.